The molecule has 1 aliphatic carbocycles. The number of rotatable bonds is 10. The van der Waals surface area contributed by atoms with Gasteiger partial charge in [-0.25, -0.2) is 0 Å². The normalized spacial score (nSPS) is 12.9. The molecule has 0 radical (unpaired) electrons. The van der Waals surface area contributed by atoms with Crippen LogP contribution in [-0.2, 0) is 33.7 Å². The number of hydrogen-bond acceptors (Lipinski definition) is 5. The molecule has 5 heteroatoms. The van der Waals surface area contributed by atoms with Gasteiger partial charge in [0.2, 0.25) is 0 Å². The van der Waals surface area contributed by atoms with E-state index in [2.05, 4.69) is 56.3 Å². The molecule has 5 nitrogen and oxygen atoms in total. The second-order valence-corrected chi connectivity index (χ2v) is 8.95. The first kappa shape index (κ1) is 24.8. The summed E-state index contributed by atoms with van der Waals surface area (Å²) in [5.41, 5.74) is 8.25. The number of carbonyl (C=O) groups is 1. The smallest absolute Gasteiger partial charge is 0.309 e. The minimum absolute atomic E-state index is 0.155. The van der Waals surface area contributed by atoms with Gasteiger partial charge in [-0.1, -0.05) is 36.4 Å². The molecule has 0 saturated carbocycles. The van der Waals surface area contributed by atoms with Crippen LogP contribution in [0, 0.1) is 13.8 Å². The maximum Gasteiger partial charge on any atom is 0.309 e. The van der Waals surface area contributed by atoms with Crippen LogP contribution in [0.4, 0.5) is 0 Å². The third-order valence-electron chi connectivity index (χ3n) is 6.60. The van der Waals surface area contributed by atoms with Crippen LogP contribution < -0.4 is 9.47 Å². The molecule has 35 heavy (non-hydrogen) atoms. The molecular weight excluding hydrogens is 440 g/mol. The van der Waals surface area contributed by atoms with Gasteiger partial charge in [-0.15, -0.1) is 0 Å². The average Bonchev–Trinajstić information content (AvgIpc) is 3.28. The summed E-state index contributed by atoms with van der Waals surface area (Å²) in [6.07, 6.45) is 2.23. The first-order valence-corrected chi connectivity index (χ1v) is 12.2. The molecule has 0 spiro atoms. The molecule has 0 saturated heterocycles. The molecular formula is C30H34O5. The monoisotopic (exact) mass is 474 g/mol. The lowest BCUT2D eigenvalue weighted by molar-refractivity contribution is -0.143. The highest BCUT2D eigenvalue weighted by molar-refractivity contribution is 5.72. The first-order valence-electron chi connectivity index (χ1n) is 12.2. The molecule has 184 valence electrons. The summed E-state index contributed by atoms with van der Waals surface area (Å²) in [6, 6.07) is 18.8. The lowest BCUT2D eigenvalue weighted by Gasteiger charge is -2.18. The zero-order valence-corrected chi connectivity index (χ0v) is 21.1. The molecule has 0 unspecified atom stereocenters. The van der Waals surface area contributed by atoms with E-state index in [0.717, 1.165) is 40.8 Å². The summed E-state index contributed by atoms with van der Waals surface area (Å²) >= 11 is 0. The second kappa shape index (κ2) is 11.4. The van der Waals surface area contributed by atoms with Gasteiger partial charge in [-0.2, -0.15) is 0 Å². The van der Waals surface area contributed by atoms with Crippen molar-refractivity contribution in [3.05, 3.63) is 82.4 Å². The van der Waals surface area contributed by atoms with E-state index in [-0.39, 0.29) is 25.1 Å². The van der Waals surface area contributed by atoms with Crippen molar-refractivity contribution in [3.8, 4) is 22.6 Å². The molecule has 4 rings (SSSR count). The van der Waals surface area contributed by atoms with Crippen molar-refractivity contribution >= 4 is 5.97 Å². The fourth-order valence-electron chi connectivity index (χ4n) is 4.58. The Morgan fingerprint density at radius 3 is 2.43 bits per heavy atom. The van der Waals surface area contributed by atoms with Crippen molar-refractivity contribution in [2.24, 2.45) is 0 Å². The molecule has 3 aromatic rings. The predicted molar refractivity (Wildman–Crippen MR) is 137 cm³/mol. The molecule has 0 heterocycles. The predicted octanol–water partition coefficient (Wildman–Crippen LogP) is 6.00. The van der Waals surface area contributed by atoms with E-state index < -0.39 is 0 Å². The third kappa shape index (κ3) is 6.04. The Morgan fingerprint density at radius 2 is 1.74 bits per heavy atom. The zero-order chi connectivity index (χ0) is 24.8. The van der Waals surface area contributed by atoms with Gasteiger partial charge in [0.05, 0.1) is 39.5 Å². The van der Waals surface area contributed by atoms with E-state index in [4.69, 9.17) is 18.9 Å². The Kier molecular flexibility index (Phi) is 8.09. The van der Waals surface area contributed by atoms with E-state index in [1.807, 2.05) is 12.1 Å². The van der Waals surface area contributed by atoms with Crippen molar-refractivity contribution in [1.29, 1.82) is 0 Å². The summed E-state index contributed by atoms with van der Waals surface area (Å²) < 4.78 is 22.9. The molecule has 0 aliphatic heterocycles. The van der Waals surface area contributed by atoms with Crippen molar-refractivity contribution in [2.75, 3.05) is 20.3 Å². The van der Waals surface area contributed by atoms with Gasteiger partial charge in [0.1, 0.15) is 11.5 Å². The van der Waals surface area contributed by atoms with E-state index >= 15 is 0 Å². The average molecular weight is 475 g/mol. The van der Waals surface area contributed by atoms with Crippen LogP contribution in [0.5, 0.6) is 11.5 Å². The fourth-order valence-corrected chi connectivity index (χ4v) is 4.58. The SMILES string of the molecule is CCOC(=O)CCOc1ccc(-c2cc(C)c(C)c(OC)c2)c(COC2Cc3ccccc3C2)c1. The van der Waals surface area contributed by atoms with Crippen LogP contribution in [0.3, 0.4) is 0 Å². The van der Waals surface area contributed by atoms with Crippen LogP contribution >= 0.6 is 0 Å². The number of aryl methyl sites for hydroxylation is 1. The number of ether oxygens (including phenoxy) is 4. The van der Waals surface area contributed by atoms with E-state index in [1.165, 1.54) is 16.7 Å². The Hall–Kier alpha value is -3.31. The number of benzene rings is 3. The van der Waals surface area contributed by atoms with Gasteiger partial charge in [-0.05, 0) is 90.8 Å². The maximum absolute atomic E-state index is 11.7. The highest BCUT2D eigenvalue weighted by Gasteiger charge is 2.22. The maximum atomic E-state index is 11.7. The van der Waals surface area contributed by atoms with Gasteiger partial charge < -0.3 is 18.9 Å². The molecule has 0 bridgehead atoms. The Bertz CT molecular complexity index is 1160. The summed E-state index contributed by atoms with van der Waals surface area (Å²) in [7, 11) is 1.70. The van der Waals surface area contributed by atoms with Gasteiger partial charge in [0, 0.05) is 0 Å². The lowest BCUT2D eigenvalue weighted by atomic mass is 9.96. The highest BCUT2D eigenvalue weighted by atomic mass is 16.5. The number of methoxy groups -OCH3 is 1. The van der Waals surface area contributed by atoms with Crippen molar-refractivity contribution in [2.45, 2.75) is 52.7 Å². The van der Waals surface area contributed by atoms with Crippen molar-refractivity contribution in [3.63, 3.8) is 0 Å². The molecule has 0 fully saturated rings. The lowest BCUT2D eigenvalue weighted by Crippen LogP contribution is -2.13. The van der Waals surface area contributed by atoms with Gasteiger partial charge in [-0.3, -0.25) is 4.79 Å². The van der Waals surface area contributed by atoms with Gasteiger partial charge in [0.15, 0.2) is 0 Å². The second-order valence-electron chi connectivity index (χ2n) is 8.95. The first-order chi connectivity index (χ1) is 17.0. The summed E-state index contributed by atoms with van der Waals surface area (Å²) in [5.74, 6) is 1.32. The van der Waals surface area contributed by atoms with Crippen LogP contribution in [0.25, 0.3) is 11.1 Å². The number of fused-ring (bicyclic) bond motifs is 1. The highest BCUT2D eigenvalue weighted by Crippen LogP contribution is 2.34. The molecule has 0 amide bonds. The third-order valence-corrected chi connectivity index (χ3v) is 6.60. The molecule has 0 atom stereocenters. The fraction of sp³-hybridized carbons (Fsp3) is 0.367. The van der Waals surface area contributed by atoms with Crippen molar-refractivity contribution < 1.29 is 23.7 Å². The van der Waals surface area contributed by atoms with Crippen LogP contribution in [0.15, 0.2) is 54.6 Å². The Balaban J connectivity index is 1.55. The molecule has 0 N–H and O–H groups in total. The number of hydrogen-bond donors (Lipinski definition) is 0. The summed E-state index contributed by atoms with van der Waals surface area (Å²) in [4.78, 5) is 11.7. The van der Waals surface area contributed by atoms with Gasteiger partial charge >= 0.3 is 5.97 Å². The number of esters is 1. The zero-order valence-electron chi connectivity index (χ0n) is 21.1. The summed E-state index contributed by atoms with van der Waals surface area (Å²) in [6.45, 7) is 7.08. The van der Waals surface area contributed by atoms with Crippen LogP contribution in [0.1, 0.15) is 41.2 Å². The van der Waals surface area contributed by atoms with Crippen LogP contribution in [0.2, 0.25) is 0 Å². The molecule has 1 aliphatic rings. The number of carbonyl (C=O) groups excluding carboxylic acids is 1. The standard InChI is InChI=1S/C30H34O5/c1-5-33-30(31)12-13-34-26-10-11-28(24-14-20(2)21(3)29(18-24)32-4)25(17-26)19-35-27-15-22-8-6-7-9-23(22)16-27/h6-11,14,17-18,27H,5,12-13,15-16,19H2,1-4H3. The molecule has 0 aromatic heterocycles. The minimum atomic E-state index is -0.254. The van der Waals surface area contributed by atoms with Gasteiger partial charge in [0.25, 0.3) is 0 Å². The largest absolute Gasteiger partial charge is 0.496 e. The Labute approximate surface area is 208 Å². The summed E-state index contributed by atoms with van der Waals surface area (Å²) in [5, 5.41) is 0. The topological polar surface area (TPSA) is 54.0 Å². The quantitative estimate of drug-likeness (QED) is 0.338. The van der Waals surface area contributed by atoms with E-state index in [1.54, 1.807) is 14.0 Å². The van der Waals surface area contributed by atoms with Crippen molar-refractivity contribution in [1.82, 2.24) is 0 Å². The Morgan fingerprint density at radius 1 is 1.00 bits per heavy atom. The molecule has 3 aromatic carbocycles. The van der Waals surface area contributed by atoms with E-state index in [0.29, 0.717) is 19.0 Å². The van der Waals surface area contributed by atoms with Crippen LogP contribution in [-0.4, -0.2) is 32.4 Å². The minimum Gasteiger partial charge on any atom is -0.496 e. The van der Waals surface area contributed by atoms with E-state index in [9.17, 15) is 4.79 Å².